The molecule has 1 saturated heterocycles. The smallest absolute Gasteiger partial charge is 0.260 e. The van der Waals surface area contributed by atoms with E-state index in [9.17, 15) is 4.79 Å². The van der Waals surface area contributed by atoms with Gasteiger partial charge in [-0.2, -0.15) is 0 Å². The predicted molar refractivity (Wildman–Crippen MR) is 139 cm³/mol. The maximum atomic E-state index is 12.7. The highest BCUT2D eigenvalue weighted by molar-refractivity contribution is 8.05. The van der Waals surface area contributed by atoms with E-state index < -0.39 is 0 Å². The summed E-state index contributed by atoms with van der Waals surface area (Å²) in [6, 6.07) is 25.3. The molecule has 1 amide bonds. The Morgan fingerprint density at radius 1 is 1.03 bits per heavy atom. The van der Waals surface area contributed by atoms with Crippen LogP contribution in [0.1, 0.15) is 29.2 Å². The second kappa shape index (κ2) is 9.20. The van der Waals surface area contributed by atoms with Gasteiger partial charge in [0.1, 0.15) is 0 Å². The lowest BCUT2D eigenvalue weighted by molar-refractivity contribution is -0.116. The zero-order valence-electron chi connectivity index (χ0n) is 18.8. The number of thioether (sulfide) groups is 1. The van der Waals surface area contributed by atoms with E-state index in [1.165, 1.54) is 34.0 Å². The number of aryl methyl sites for hydroxylation is 2. The number of para-hydroxylation sites is 1. The molecule has 4 aromatic rings. The van der Waals surface area contributed by atoms with Crippen molar-refractivity contribution in [3.05, 3.63) is 106 Å². The number of nitrogens with one attached hydrogen (secondary N) is 2. The van der Waals surface area contributed by atoms with Gasteiger partial charge in [0.25, 0.3) is 5.91 Å². The van der Waals surface area contributed by atoms with Crippen LogP contribution in [0, 0.1) is 6.92 Å². The van der Waals surface area contributed by atoms with Gasteiger partial charge in [-0.3, -0.25) is 4.79 Å². The second-order valence-electron chi connectivity index (χ2n) is 8.39. The first-order chi connectivity index (χ1) is 16.1. The molecule has 0 spiro atoms. The lowest BCUT2D eigenvalue weighted by Crippen LogP contribution is -2.30. The van der Waals surface area contributed by atoms with Crippen LogP contribution in [0.2, 0.25) is 0 Å². The van der Waals surface area contributed by atoms with E-state index in [1.807, 2.05) is 12.1 Å². The fraction of sp³-hybridized carbons (Fsp3) is 0.179. The summed E-state index contributed by atoms with van der Waals surface area (Å²) in [6.45, 7) is 5.05. The van der Waals surface area contributed by atoms with E-state index in [0.717, 1.165) is 34.5 Å². The molecule has 0 aliphatic carbocycles. The first-order valence-corrected chi connectivity index (χ1v) is 12.1. The van der Waals surface area contributed by atoms with Gasteiger partial charge in [0.2, 0.25) is 0 Å². The molecule has 0 bridgehead atoms. The Bertz CT molecular complexity index is 1340. The highest BCUT2D eigenvalue weighted by Crippen LogP contribution is 2.33. The highest BCUT2D eigenvalue weighted by atomic mass is 32.2. The van der Waals surface area contributed by atoms with Crippen LogP contribution in [0.5, 0.6) is 0 Å². The molecule has 4 nitrogen and oxygen atoms in total. The van der Waals surface area contributed by atoms with E-state index in [1.54, 1.807) is 0 Å². The topological polar surface area (TPSA) is 46.1 Å². The van der Waals surface area contributed by atoms with Gasteiger partial charge in [-0.25, -0.2) is 0 Å². The summed E-state index contributed by atoms with van der Waals surface area (Å²) in [6.07, 6.45) is 5.18. The van der Waals surface area contributed by atoms with Crippen LogP contribution in [0.4, 0.5) is 5.69 Å². The van der Waals surface area contributed by atoms with Crippen LogP contribution >= 0.6 is 11.8 Å². The number of fused-ring (bicyclic) bond motifs is 1. The standard InChI is InChI=1S/C28H27N3OS/c1-3-20-11-13-23(14-12-20)29-28-30-27(32)26(33-28)16-22-18-31(25-10-5-4-9-24(22)25)17-21-8-6-7-19(2)15-21/h4-16,18,28-29H,3,17H2,1-2H3,(H,30,32)/b26-16-/t28-/m1/s1. The molecule has 2 heterocycles. The van der Waals surface area contributed by atoms with E-state index in [2.05, 4.69) is 102 Å². The molecule has 5 rings (SSSR count). The third-order valence-corrected chi connectivity index (χ3v) is 6.96. The van der Waals surface area contributed by atoms with Crippen LogP contribution in [0.3, 0.4) is 0 Å². The van der Waals surface area contributed by atoms with Gasteiger partial charge in [-0.05, 0) is 48.7 Å². The summed E-state index contributed by atoms with van der Waals surface area (Å²) in [5.41, 5.74) is 6.86. The lowest BCUT2D eigenvalue weighted by atomic mass is 10.1. The summed E-state index contributed by atoms with van der Waals surface area (Å²) >= 11 is 1.52. The normalized spacial score (nSPS) is 17.0. The van der Waals surface area contributed by atoms with Crippen molar-refractivity contribution in [1.82, 2.24) is 9.88 Å². The third-order valence-electron chi connectivity index (χ3n) is 5.93. The van der Waals surface area contributed by atoms with E-state index in [0.29, 0.717) is 0 Å². The maximum absolute atomic E-state index is 12.7. The summed E-state index contributed by atoms with van der Waals surface area (Å²) in [7, 11) is 0. The van der Waals surface area contributed by atoms with E-state index in [-0.39, 0.29) is 11.4 Å². The number of nitrogens with zero attached hydrogens (tertiary/aromatic N) is 1. The van der Waals surface area contributed by atoms with Gasteiger partial charge in [0, 0.05) is 34.9 Å². The van der Waals surface area contributed by atoms with E-state index >= 15 is 0 Å². The van der Waals surface area contributed by atoms with Crippen molar-refractivity contribution in [2.45, 2.75) is 32.3 Å². The molecule has 5 heteroatoms. The fourth-order valence-electron chi connectivity index (χ4n) is 4.22. The summed E-state index contributed by atoms with van der Waals surface area (Å²) in [5, 5.41) is 7.59. The zero-order valence-corrected chi connectivity index (χ0v) is 19.7. The Kier molecular flexibility index (Phi) is 5.97. The molecule has 1 aromatic heterocycles. The molecule has 0 radical (unpaired) electrons. The van der Waals surface area contributed by atoms with Gasteiger partial charge >= 0.3 is 0 Å². The van der Waals surface area contributed by atoms with Gasteiger partial charge in [-0.1, -0.05) is 78.8 Å². The quantitative estimate of drug-likeness (QED) is 0.344. The number of carbonyl (C=O) groups excluding carboxylic acids is 1. The minimum atomic E-state index is -0.183. The van der Waals surface area contributed by atoms with Crippen LogP contribution < -0.4 is 10.6 Å². The third kappa shape index (κ3) is 4.69. The first-order valence-electron chi connectivity index (χ1n) is 11.3. The minimum absolute atomic E-state index is 0.0433. The molecule has 0 unspecified atom stereocenters. The largest absolute Gasteiger partial charge is 0.357 e. The van der Waals surface area contributed by atoms with Gasteiger partial charge in [0.05, 0.1) is 4.91 Å². The minimum Gasteiger partial charge on any atom is -0.357 e. The first kappa shape index (κ1) is 21.4. The monoisotopic (exact) mass is 453 g/mol. The molecule has 2 N–H and O–H groups in total. The van der Waals surface area contributed by atoms with Gasteiger partial charge in [0.15, 0.2) is 5.50 Å². The number of aromatic nitrogens is 1. The number of anilines is 1. The molecule has 3 aromatic carbocycles. The predicted octanol–water partition coefficient (Wildman–Crippen LogP) is 6.16. The molecule has 1 fully saturated rings. The summed E-state index contributed by atoms with van der Waals surface area (Å²) in [5.74, 6) is -0.0433. The van der Waals surface area contributed by atoms with E-state index in [4.69, 9.17) is 0 Å². The Hall–Kier alpha value is -3.44. The van der Waals surface area contributed by atoms with Crippen molar-refractivity contribution >= 4 is 40.3 Å². The van der Waals surface area contributed by atoms with Gasteiger partial charge < -0.3 is 15.2 Å². The Morgan fingerprint density at radius 3 is 2.64 bits per heavy atom. The molecular formula is C28H27N3OS. The SMILES string of the molecule is CCc1ccc(N[C@@H]2NC(=O)/C(=C/c3cn(Cc4cccc(C)c4)c4ccccc34)S2)cc1. The van der Waals surface area contributed by atoms with Crippen LogP contribution in [-0.2, 0) is 17.8 Å². The summed E-state index contributed by atoms with van der Waals surface area (Å²) in [4.78, 5) is 13.4. The zero-order chi connectivity index (χ0) is 22.8. The van der Waals surface area contributed by atoms with Crippen LogP contribution in [0.25, 0.3) is 17.0 Å². The van der Waals surface area contributed by atoms with Crippen molar-refractivity contribution in [2.75, 3.05) is 5.32 Å². The Morgan fingerprint density at radius 2 is 1.85 bits per heavy atom. The number of hydrogen-bond acceptors (Lipinski definition) is 3. The number of hydrogen-bond donors (Lipinski definition) is 2. The highest BCUT2D eigenvalue weighted by Gasteiger charge is 2.27. The van der Waals surface area contributed by atoms with Gasteiger partial charge in [-0.15, -0.1) is 0 Å². The fourth-order valence-corrected chi connectivity index (χ4v) is 5.20. The van der Waals surface area contributed by atoms with Crippen molar-refractivity contribution in [3.63, 3.8) is 0 Å². The summed E-state index contributed by atoms with van der Waals surface area (Å²) < 4.78 is 2.26. The number of benzene rings is 3. The number of amides is 1. The van der Waals surface area contributed by atoms with Crippen molar-refractivity contribution < 1.29 is 4.79 Å². The molecule has 1 aliphatic rings. The molecule has 1 atom stereocenters. The van der Waals surface area contributed by atoms with Crippen LogP contribution in [-0.4, -0.2) is 16.0 Å². The molecule has 166 valence electrons. The molecule has 33 heavy (non-hydrogen) atoms. The second-order valence-corrected chi connectivity index (χ2v) is 9.54. The number of carbonyl (C=O) groups is 1. The Labute approximate surface area is 198 Å². The molecule has 0 saturated carbocycles. The average Bonchev–Trinajstić information content (AvgIpc) is 3.34. The molecule has 1 aliphatic heterocycles. The van der Waals surface area contributed by atoms with Crippen molar-refractivity contribution in [2.24, 2.45) is 0 Å². The molecular weight excluding hydrogens is 426 g/mol. The Balaban J connectivity index is 1.39. The average molecular weight is 454 g/mol. The van der Waals surface area contributed by atoms with Crippen molar-refractivity contribution in [3.8, 4) is 0 Å². The van der Waals surface area contributed by atoms with Crippen LogP contribution in [0.15, 0.2) is 83.9 Å². The lowest BCUT2D eigenvalue weighted by Gasteiger charge is -2.12. The maximum Gasteiger partial charge on any atom is 0.260 e. The number of rotatable bonds is 6. The van der Waals surface area contributed by atoms with Crippen molar-refractivity contribution in [1.29, 1.82) is 0 Å².